The van der Waals surface area contributed by atoms with Crippen molar-refractivity contribution in [3.05, 3.63) is 52.2 Å². The molecule has 104 valence electrons. The number of aliphatic carboxylic acids is 1. The van der Waals surface area contributed by atoms with E-state index in [4.69, 9.17) is 14.6 Å². The van der Waals surface area contributed by atoms with Crippen LogP contribution in [-0.2, 0) is 11.4 Å². The summed E-state index contributed by atoms with van der Waals surface area (Å²) in [6, 6.07) is 9.28. The van der Waals surface area contributed by atoms with Gasteiger partial charge in [0, 0.05) is 11.0 Å². The Labute approximate surface area is 120 Å². The maximum absolute atomic E-state index is 10.4. The molecule has 1 heterocycles. The van der Waals surface area contributed by atoms with Crippen LogP contribution in [0.3, 0.4) is 0 Å². The van der Waals surface area contributed by atoms with Crippen LogP contribution in [0.4, 0.5) is 0 Å². The molecule has 0 aliphatic heterocycles. The second-order valence-electron chi connectivity index (χ2n) is 3.98. The summed E-state index contributed by atoms with van der Waals surface area (Å²) in [5.41, 5.74) is 0.866. The Bertz CT molecular complexity index is 599. The van der Waals surface area contributed by atoms with E-state index in [2.05, 4.69) is 0 Å². The van der Waals surface area contributed by atoms with Gasteiger partial charge in [0.15, 0.2) is 0 Å². The summed E-state index contributed by atoms with van der Waals surface area (Å²) in [6.07, 6.45) is 2.69. The van der Waals surface area contributed by atoms with Gasteiger partial charge in [-0.05, 0) is 47.4 Å². The Morgan fingerprint density at radius 1 is 1.30 bits per heavy atom. The minimum absolute atomic E-state index is 0.456. The van der Waals surface area contributed by atoms with Crippen molar-refractivity contribution in [2.45, 2.75) is 6.61 Å². The molecule has 0 spiro atoms. The first kappa shape index (κ1) is 14.1. The van der Waals surface area contributed by atoms with Crippen molar-refractivity contribution in [2.75, 3.05) is 7.11 Å². The van der Waals surface area contributed by atoms with Crippen molar-refractivity contribution in [1.29, 1.82) is 0 Å². The highest BCUT2D eigenvalue weighted by molar-refractivity contribution is 7.10. The third kappa shape index (κ3) is 4.13. The molecule has 0 saturated carbocycles. The molecule has 0 bridgehead atoms. The van der Waals surface area contributed by atoms with Crippen molar-refractivity contribution >= 4 is 23.4 Å². The largest absolute Gasteiger partial charge is 0.497 e. The molecule has 0 atom stereocenters. The molecule has 5 heteroatoms. The molecule has 0 aliphatic carbocycles. The predicted octanol–water partition coefficient (Wildman–Crippen LogP) is 3.43. The summed E-state index contributed by atoms with van der Waals surface area (Å²) in [5, 5.41) is 10.5. The highest BCUT2D eigenvalue weighted by Crippen LogP contribution is 2.21. The first-order valence-corrected chi connectivity index (χ1v) is 6.80. The van der Waals surface area contributed by atoms with Crippen LogP contribution in [0, 0.1) is 0 Å². The van der Waals surface area contributed by atoms with Gasteiger partial charge in [-0.1, -0.05) is 0 Å². The van der Waals surface area contributed by atoms with Crippen molar-refractivity contribution in [3.63, 3.8) is 0 Å². The average molecular weight is 290 g/mol. The van der Waals surface area contributed by atoms with E-state index in [1.54, 1.807) is 13.2 Å². The minimum atomic E-state index is -0.952. The number of carboxylic acid groups (broad SMARTS) is 1. The third-order valence-electron chi connectivity index (χ3n) is 2.53. The Morgan fingerprint density at radius 2 is 2.00 bits per heavy atom. The number of hydrogen-bond acceptors (Lipinski definition) is 4. The highest BCUT2D eigenvalue weighted by Gasteiger charge is 2.00. The molecule has 0 aliphatic rings. The van der Waals surface area contributed by atoms with E-state index < -0.39 is 5.97 Å². The third-order valence-corrected chi connectivity index (χ3v) is 3.46. The zero-order chi connectivity index (χ0) is 14.4. The predicted molar refractivity (Wildman–Crippen MR) is 78.3 cm³/mol. The SMILES string of the molecule is COc1ccc(OCc2cc(C=CC(=O)O)cs2)cc1. The van der Waals surface area contributed by atoms with E-state index in [0.29, 0.717) is 6.61 Å². The molecule has 4 nitrogen and oxygen atoms in total. The molecule has 2 aromatic rings. The number of thiophene rings is 1. The topological polar surface area (TPSA) is 55.8 Å². The van der Waals surface area contributed by atoms with Gasteiger partial charge < -0.3 is 14.6 Å². The van der Waals surface area contributed by atoms with Gasteiger partial charge >= 0.3 is 5.97 Å². The summed E-state index contributed by atoms with van der Waals surface area (Å²) in [4.78, 5) is 11.5. The number of rotatable bonds is 6. The van der Waals surface area contributed by atoms with Crippen molar-refractivity contribution in [2.24, 2.45) is 0 Å². The van der Waals surface area contributed by atoms with Gasteiger partial charge in [-0.2, -0.15) is 0 Å². The summed E-state index contributed by atoms with van der Waals surface area (Å²) >= 11 is 1.53. The Morgan fingerprint density at radius 3 is 2.65 bits per heavy atom. The molecule has 20 heavy (non-hydrogen) atoms. The zero-order valence-corrected chi connectivity index (χ0v) is 11.7. The van der Waals surface area contributed by atoms with Gasteiger partial charge in [-0.3, -0.25) is 0 Å². The maximum atomic E-state index is 10.4. The molecule has 0 saturated heterocycles. The van der Waals surface area contributed by atoms with Crippen molar-refractivity contribution in [1.82, 2.24) is 0 Å². The zero-order valence-electron chi connectivity index (χ0n) is 10.9. The normalized spacial score (nSPS) is 10.7. The molecular formula is C15H14O4S. The van der Waals surface area contributed by atoms with E-state index in [-0.39, 0.29) is 0 Å². The molecule has 0 fully saturated rings. The monoisotopic (exact) mass is 290 g/mol. The van der Waals surface area contributed by atoms with Crippen LogP contribution in [0.5, 0.6) is 11.5 Å². The highest BCUT2D eigenvalue weighted by atomic mass is 32.1. The summed E-state index contributed by atoms with van der Waals surface area (Å²) in [6.45, 7) is 0.456. The van der Waals surface area contributed by atoms with E-state index >= 15 is 0 Å². The lowest BCUT2D eigenvalue weighted by Gasteiger charge is -2.05. The van der Waals surface area contributed by atoms with E-state index in [1.807, 2.05) is 35.7 Å². The molecule has 1 aromatic heterocycles. The average Bonchev–Trinajstić information content (AvgIpc) is 2.91. The van der Waals surface area contributed by atoms with Gasteiger partial charge in [-0.15, -0.1) is 11.3 Å². The Hall–Kier alpha value is -2.27. The maximum Gasteiger partial charge on any atom is 0.328 e. The van der Waals surface area contributed by atoms with Crippen LogP contribution in [-0.4, -0.2) is 18.2 Å². The lowest BCUT2D eigenvalue weighted by molar-refractivity contribution is -0.131. The van der Waals surface area contributed by atoms with Crippen LogP contribution in [0.1, 0.15) is 10.4 Å². The number of ether oxygens (including phenoxy) is 2. The number of carboxylic acids is 1. The van der Waals surface area contributed by atoms with Gasteiger partial charge in [0.2, 0.25) is 0 Å². The van der Waals surface area contributed by atoms with Crippen LogP contribution in [0.2, 0.25) is 0 Å². The van der Waals surface area contributed by atoms with Gasteiger partial charge in [0.1, 0.15) is 18.1 Å². The summed E-state index contributed by atoms with van der Waals surface area (Å²) < 4.78 is 10.7. The first-order chi connectivity index (χ1) is 9.67. The van der Waals surface area contributed by atoms with Crippen LogP contribution < -0.4 is 9.47 Å². The fourth-order valence-electron chi connectivity index (χ4n) is 1.55. The lowest BCUT2D eigenvalue weighted by atomic mass is 10.3. The fourth-order valence-corrected chi connectivity index (χ4v) is 2.32. The van der Waals surface area contributed by atoms with Crippen LogP contribution >= 0.6 is 11.3 Å². The fraction of sp³-hybridized carbons (Fsp3) is 0.133. The molecule has 2 rings (SSSR count). The minimum Gasteiger partial charge on any atom is -0.497 e. The van der Waals surface area contributed by atoms with Gasteiger partial charge in [0.25, 0.3) is 0 Å². The molecule has 0 amide bonds. The first-order valence-electron chi connectivity index (χ1n) is 5.92. The standard InChI is InChI=1S/C15H14O4S/c1-18-12-3-5-13(6-4-12)19-9-14-8-11(10-20-14)2-7-15(16)17/h2-8,10H,9H2,1H3,(H,16,17). The number of benzene rings is 1. The Kier molecular flexibility index (Phi) is 4.79. The van der Waals surface area contributed by atoms with Crippen molar-refractivity contribution in [3.8, 4) is 11.5 Å². The molecule has 0 radical (unpaired) electrons. The van der Waals surface area contributed by atoms with E-state index in [0.717, 1.165) is 28.0 Å². The number of carbonyl (C=O) groups is 1. The van der Waals surface area contributed by atoms with Crippen LogP contribution in [0.15, 0.2) is 41.8 Å². The molecule has 0 unspecified atom stereocenters. The number of methoxy groups -OCH3 is 1. The smallest absolute Gasteiger partial charge is 0.328 e. The summed E-state index contributed by atoms with van der Waals surface area (Å²) in [7, 11) is 1.62. The molecule has 1 aromatic carbocycles. The second-order valence-corrected chi connectivity index (χ2v) is 4.98. The second kappa shape index (κ2) is 6.77. The van der Waals surface area contributed by atoms with E-state index in [1.165, 1.54) is 11.3 Å². The van der Waals surface area contributed by atoms with Crippen LogP contribution in [0.25, 0.3) is 6.08 Å². The van der Waals surface area contributed by atoms with E-state index in [9.17, 15) is 4.79 Å². The summed E-state index contributed by atoms with van der Waals surface area (Å²) in [5.74, 6) is 0.601. The quantitative estimate of drug-likeness (QED) is 0.828. The van der Waals surface area contributed by atoms with Gasteiger partial charge in [0.05, 0.1) is 7.11 Å². The Balaban J connectivity index is 1.91. The molecular weight excluding hydrogens is 276 g/mol. The lowest BCUT2D eigenvalue weighted by Crippen LogP contribution is -1.92. The van der Waals surface area contributed by atoms with Gasteiger partial charge in [-0.25, -0.2) is 4.79 Å². The number of hydrogen-bond donors (Lipinski definition) is 1. The van der Waals surface area contributed by atoms with Crippen molar-refractivity contribution < 1.29 is 19.4 Å². The molecule has 1 N–H and O–H groups in total.